The minimum Gasteiger partial charge on any atom is -0.447 e. The molecule has 0 saturated carbocycles. The smallest absolute Gasteiger partial charge is 0.407 e. The normalized spacial score (nSPS) is 12.7. The Hall–Kier alpha value is -6.29. The van der Waals surface area contributed by atoms with Crippen LogP contribution >= 0.6 is 11.6 Å². The Morgan fingerprint density at radius 3 is 2.16 bits per heavy atom. The third-order valence-electron chi connectivity index (χ3n) is 11.0. The molecule has 5 rings (SSSR count). The van der Waals surface area contributed by atoms with Gasteiger partial charge in [0.2, 0.25) is 11.8 Å². The van der Waals surface area contributed by atoms with Gasteiger partial charge in [-0.1, -0.05) is 65.7 Å². The maximum absolute atomic E-state index is 14.3. The van der Waals surface area contributed by atoms with Gasteiger partial charge in [0.1, 0.15) is 31.1 Å². The molecule has 20 nitrogen and oxygen atoms in total. The number of carbonyl (C=O) groups excluding carboxylic acids is 5. The largest absolute Gasteiger partial charge is 0.447 e. The number of alkyl carbamates (subject to hydrolysis) is 3. The molecule has 22 heteroatoms. The van der Waals surface area contributed by atoms with Crippen LogP contribution in [-0.4, -0.2) is 132 Å². The van der Waals surface area contributed by atoms with Gasteiger partial charge in [-0.05, 0) is 74.4 Å². The molecule has 3 aromatic carbocycles. The molecular formula is C47H61ClN8O12S. The number of nitrogens with one attached hydrogen (secondary N) is 4. The third kappa shape index (κ3) is 16.4. The highest BCUT2D eigenvalue weighted by Gasteiger charge is 2.30. The predicted octanol–water partition coefficient (Wildman–Crippen LogP) is 5.66. The summed E-state index contributed by atoms with van der Waals surface area (Å²) in [6, 6.07) is 20.0. The lowest BCUT2D eigenvalue weighted by atomic mass is 9.95. The van der Waals surface area contributed by atoms with E-state index in [2.05, 4.69) is 31.6 Å². The summed E-state index contributed by atoms with van der Waals surface area (Å²) in [4.78, 5) is 66.2. The highest BCUT2D eigenvalue weighted by Crippen LogP contribution is 2.41. The Bertz CT molecular complexity index is 2440. The van der Waals surface area contributed by atoms with E-state index in [1.807, 2.05) is 48.5 Å². The van der Waals surface area contributed by atoms with Crippen LogP contribution in [0.15, 0.2) is 77.7 Å². The van der Waals surface area contributed by atoms with Crippen LogP contribution in [0.3, 0.4) is 0 Å². The van der Waals surface area contributed by atoms with E-state index in [-0.39, 0.29) is 69.7 Å². The number of methoxy groups -OCH3 is 2. The number of fused-ring (bicyclic) bond motifs is 5. The Balaban J connectivity index is 1.24. The van der Waals surface area contributed by atoms with Crippen LogP contribution in [0.5, 0.6) is 0 Å². The van der Waals surface area contributed by atoms with E-state index in [0.717, 1.165) is 16.7 Å². The number of hydrogen-bond donors (Lipinski definition) is 4. The van der Waals surface area contributed by atoms with Crippen molar-refractivity contribution in [3.63, 3.8) is 0 Å². The van der Waals surface area contributed by atoms with Crippen LogP contribution in [0.1, 0.15) is 56.9 Å². The van der Waals surface area contributed by atoms with Crippen molar-refractivity contribution in [1.29, 1.82) is 0 Å². The number of amides is 5. The van der Waals surface area contributed by atoms with Crippen molar-refractivity contribution in [3.8, 4) is 22.5 Å². The van der Waals surface area contributed by atoms with E-state index in [9.17, 15) is 32.4 Å². The van der Waals surface area contributed by atoms with Crippen LogP contribution in [-0.2, 0) is 56.2 Å². The minimum atomic E-state index is -3.79. The zero-order valence-corrected chi connectivity index (χ0v) is 40.7. The number of sulfone groups is 1. The molecule has 2 unspecified atom stereocenters. The lowest BCUT2D eigenvalue weighted by Crippen LogP contribution is -2.47. The molecule has 0 radical (unpaired) electrons. The fraction of sp³-hybridized carbons (Fsp3) is 0.468. The first kappa shape index (κ1) is 53.7. The number of unbranched alkanes of at least 4 members (excludes halogenated alkanes) is 3. The minimum absolute atomic E-state index is 0.0142. The van der Waals surface area contributed by atoms with E-state index < -0.39 is 51.9 Å². The quantitative estimate of drug-likeness (QED) is 0.0438. The van der Waals surface area contributed by atoms with Gasteiger partial charge in [-0.25, -0.2) is 27.5 Å². The van der Waals surface area contributed by atoms with Gasteiger partial charge in [0, 0.05) is 63.5 Å². The number of aromatic nitrogens is 3. The van der Waals surface area contributed by atoms with Gasteiger partial charge in [-0.15, -0.1) is 5.10 Å². The Labute approximate surface area is 407 Å². The molecule has 0 fully saturated rings. The average Bonchev–Trinajstić information content (AvgIpc) is 3.75. The van der Waals surface area contributed by atoms with Gasteiger partial charge < -0.3 is 49.9 Å². The number of para-hydroxylation sites is 1. The summed E-state index contributed by atoms with van der Waals surface area (Å²) in [7, 11) is 0.589. The monoisotopic (exact) mass is 996 g/mol. The van der Waals surface area contributed by atoms with Crippen LogP contribution in [0, 0.1) is 0 Å². The van der Waals surface area contributed by atoms with E-state index in [1.165, 1.54) is 45.5 Å². The molecule has 2 heterocycles. The maximum Gasteiger partial charge on any atom is 0.407 e. The van der Waals surface area contributed by atoms with Crippen molar-refractivity contribution in [1.82, 2.24) is 36.3 Å². The fourth-order valence-electron chi connectivity index (χ4n) is 7.53. The molecule has 0 spiro atoms. The summed E-state index contributed by atoms with van der Waals surface area (Å²) in [5.74, 6) is -1.16. The molecule has 374 valence electrons. The highest BCUT2D eigenvalue weighted by molar-refractivity contribution is 7.91. The van der Waals surface area contributed by atoms with Gasteiger partial charge in [0.15, 0.2) is 9.84 Å². The summed E-state index contributed by atoms with van der Waals surface area (Å²) >= 11 is 5.96. The van der Waals surface area contributed by atoms with Crippen molar-refractivity contribution < 1.29 is 56.1 Å². The number of carbonyl (C=O) groups is 5. The number of benzene rings is 3. The van der Waals surface area contributed by atoms with Gasteiger partial charge in [0.25, 0.3) is 0 Å². The molecule has 0 aliphatic carbocycles. The summed E-state index contributed by atoms with van der Waals surface area (Å²) in [5, 5.41) is 20.1. The molecule has 2 atom stereocenters. The van der Waals surface area contributed by atoms with Gasteiger partial charge >= 0.3 is 18.3 Å². The second-order valence-corrected chi connectivity index (χ2v) is 18.4. The first-order valence-electron chi connectivity index (χ1n) is 22.7. The third-order valence-corrected chi connectivity index (χ3v) is 13.1. The van der Waals surface area contributed by atoms with E-state index in [1.54, 1.807) is 9.58 Å². The SMILES string of the molecule is CNC(=O)OC(CCCCCn1nnc2c1-c1ccccc1N(C(=O)CCNC(=O)C(CCCCNC(=O)OCCOC)NC(=O)OCCOC)Cc1ccccc1-2)CS(=O)(=O)c1ccc(Cl)cc1. The van der Waals surface area contributed by atoms with E-state index in [4.69, 9.17) is 35.3 Å². The Kier molecular flexibility index (Phi) is 21.5. The number of ether oxygens (including phenoxy) is 5. The second-order valence-electron chi connectivity index (χ2n) is 15.9. The van der Waals surface area contributed by atoms with Crippen molar-refractivity contribution in [2.45, 2.75) is 81.5 Å². The zero-order valence-electron chi connectivity index (χ0n) is 39.1. The zero-order chi connectivity index (χ0) is 49.6. The summed E-state index contributed by atoms with van der Waals surface area (Å²) in [6.07, 6.45) is 0.214. The maximum atomic E-state index is 14.3. The van der Waals surface area contributed by atoms with E-state index in [0.29, 0.717) is 67.2 Å². The molecule has 0 bridgehead atoms. The van der Waals surface area contributed by atoms with Crippen LogP contribution in [0.2, 0.25) is 5.02 Å². The number of anilines is 1. The highest BCUT2D eigenvalue weighted by atomic mass is 35.5. The molecule has 69 heavy (non-hydrogen) atoms. The Morgan fingerprint density at radius 1 is 0.754 bits per heavy atom. The van der Waals surface area contributed by atoms with Crippen LogP contribution < -0.4 is 26.2 Å². The standard InChI is InChI=1S/C47H61ClN8O12S/c1-49-45(59)68-35(32-69(62,63)36-21-19-34(48)20-22-36)14-5-4-12-26-56-43-38-16-8-9-18-40(38)55(31-33-13-6-7-15-37(33)42(43)53-54-56)41(57)23-25-50-44(58)39(52-47(61)67-30-28-65-3)17-10-11-24-51-46(60)66-29-27-64-2/h6-9,13,15-16,18-22,35,39H,4-5,10-12,14,17,23-32H2,1-3H3,(H,49,59)(H,50,58)(H,51,60)(H,52,61). The molecule has 1 aromatic heterocycles. The number of rotatable bonds is 26. The Morgan fingerprint density at radius 2 is 1.43 bits per heavy atom. The lowest BCUT2D eigenvalue weighted by molar-refractivity contribution is -0.123. The molecule has 4 aromatic rings. The number of aryl methyl sites for hydroxylation is 1. The summed E-state index contributed by atoms with van der Waals surface area (Å²) in [6.45, 7) is 1.45. The average molecular weight is 998 g/mol. The molecule has 4 N–H and O–H groups in total. The van der Waals surface area contributed by atoms with Crippen molar-refractivity contribution in [2.75, 3.05) is 71.4 Å². The lowest BCUT2D eigenvalue weighted by Gasteiger charge is -2.29. The summed E-state index contributed by atoms with van der Waals surface area (Å²) < 4.78 is 53.7. The van der Waals surface area contributed by atoms with Crippen molar-refractivity contribution in [3.05, 3.63) is 83.4 Å². The summed E-state index contributed by atoms with van der Waals surface area (Å²) in [5.41, 5.74) is 4.36. The number of hydrogen-bond acceptors (Lipinski definition) is 14. The van der Waals surface area contributed by atoms with Crippen LogP contribution in [0.4, 0.5) is 20.1 Å². The molecule has 5 amide bonds. The molecular weight excluding hydrogens is 936 g/mol. The predicted molar refractivity (Wildman–Crippen MR) is 256 cm³/mol. The molecule has 1 aliphatic heterocycles. The fourth-order valence-corrected chi connectivity index (χ4v) is 9.12. The van der Waals surface area contributed by atoms with Crippen LogP contribution in [0.25, 0.3) is 22.5 Å². The van der Waals surface area contributed by atoms with Gasteiger partial charge in [-0.2, -0.15) is 0 Å². The second kappa shape index (κ2) is 27.6. The molecule has 0 saturated heterocycles. The van der Waals surface area contributed by atoms with Crippen molar-refractivity contribution in [2.24, 2.45) is 0 Å². The topological polar surface area (TPSA) is 248 Å². The van der Waals surface area contributed by atoms with E-state index >= 15 is 0 Å². The number of halogens is 1. The molecule has 1 aliphatic rings. The van der Waals surface area contributed by atoms with Crippen molar-refractivity contribution >= 4 is 57.2 Å². The first-order chi connectivity index (χ1) is 33.3. The van der Waals surface area contributed by atoms with Gasteiger partial charge in [-0.3, -0.25) is 9.59 Å². The first-order valence-corrected chi connectivity index (χ1v) is 24.8. The number of nitrogens with zero attached hydrogens (tertiary/aromatic N) is 4. The van der Waals surface area contributed by atoms with Gasteiger partial charge in [0.05, 0.1) is 41.8 Å².